The maximum Gasteiger partial charge on any atom is 0.410 e. The number of likely N-dealkylation sites (tertiary alicyclic amines) is 1. The van der Waals surface area contributed by atoms with E-state index >= 15 is 0 Å². The fourth-order valence-corrected chi connectivity index (χ4v) is 9.78. The lowest BCUT2D eigenvalue weighted by Crippen LogP contribution is -2.58. The van der Waals surface area contributed by atoms with Gasteiger partial charge in [0, 0.05) is 31.5 Å². The number of carbonyl (C=O) groups is 6. The smallest absolute Gasteiger partial charge is 0.410 e. The van der Waals surface area contributed by atoms with Crippen molar-refractivity contribution >= 4 is 64.1 Å². The van der Waals surface area contributed by atoms with Gasteiger partial charge in [0.2, 0.25) is 29.7 Å². The van der Waals surface area contributed by atoms with Gasteiger partial charge in [0.1, 0.15) is 42.2 Å². The average molecular weight is 949 g/mol. The molecule has 7 rings (SSSR count). The zero-order chi connectivity index (χ0) is 49.0. The summed E-state index contributed by atoms with van der Waals surface area (Å²) in [5, 5.41) is 9.77. The van der Waals surface area contributed by atoms with Gasteiger partial charge in [-0.1, -0.05) is 116 Å². The van der Waals surface area contributed by atoms with Crippen molar-refractivity contribution in [3.8, 4) is 22.4 Å². The van der Waals surface area contributed by atoms with Gasteiger partial charge in [-0.3, -0.25) is 24.1 Å². The first kappa shape index (κ1) is 52.4. The molecular formula is C51H64N8O8S. The van der Waals surface area contributed by atoms with Crippen LogP contribution in [0.1, 0.15) is 102 Å². The van der Waals surface area contributed by atoms with Gasteiger partial charge >= 0.3 is 6.09 Å². The van der Waals surface area contributed by atoms with Crippen molar-refractivity contribution in [3.63, 3.8) is 0 Å². The van der Waals surface area contributed by atoms with E-state index in [1.54, 1.807) is 11.8 Å². The number of amides is 5. The minimum absolute atomic E-state index is 0.109. The van der Waals surface area contributed by atoms with Crippen molar-refractivity contribution in [2.45, 2.75) is 109 Å². The Morgan fingerprint density at radius 1 is 0.912 bits per heavy atom. The lowest BCUT2D eigenvalue weighted by molar-refractivity contribution is -0.142. The van der Waals surface area contributed by atoms with E-state index in [4.69, 9.17) is 15.3 Å². The standard InChI is InChI=1S/C45H52N6O6S.C5H10N2O.CH2O/c1-4-16-37(52)46-44-48-38(29-17-7-5-8-18-29)42(58-44)49-41(54)36-25-15-26-51(36)43(55)39(30-19-9-6-10-20-30)47-40(53)28(2)50(3)45(56)57-27-35-33-23-13-11-21-31(33)32-22-12-14-24-34(32)35;6-3-1-2-4-7-5-8;1-2/h5,7-8,11-14,17-18,21-24,28,30,35-36,39H,4,6,9-10,15-16,19-20,25-27H2,1-3H3,(H,47,53)(H,49,54)(H,46,48,52);1-4,6H2;1H2/t28-,36-,39-;;/m0../s1. The molecule has 17 heteroatoms. The summed E-state index contributed by atoms with van der Waals surface area (Å²) in [6, 6.07) is 23.1. The number of rotatable bonds is 17. The molecule has 3 aliphatic rings. The largest absolute Gasteiger partial charge is 0.448 e. The average Bonchev–Trinajstić information content (AvgIpc) is 4.11. The monoisotopic (exact) mass is 948 g/mol. The Labute approximate surface area is 402 Å². The number of hydrogen-bond acceptors (Lipinski definition) is 12. The third kappa shape index (κ3) is 13.5. The summed E-state index contributed by atoms with van der Waals surface area (Å²) < 4.78 is 5.84. The van der Waals surface area contributed by atoms with Crippen LogP contribution in [0, 0.1) is 5.92 Å². The van der Waals surface area contributed by atoms with E-state index in [-0.39, 0.29) is 36.2 Å². The first-order valence-corrected chi connectivity index (χ1v) is 24.3. The van der Waals surface area contributed by atoms with Crippen LogP contribution in [0.25, 0.3) is 22.4 Å². The van der Waals surface area contributed by atoms with Crippen molar-refractivity contribution in [2.24, 2.45) is 16.6 Å². The van der Waals surface area contributed by atoms with Crippen molar-refractivity contribution in [2.75, 3.05) is 43.9 Å². The first-order valence-electron chi connectivity index (χ1n) is 23.4. The molecule has 0 radical (unpaired) electrons. The second-order valence-corrected chi connectivity index (χ2v) is 18.0. The number of thiazole rings is 1. The molecule has 3 atom stereocenters. The van der Waals surface area contributed by atoms with Gasteiger partial charge in [-0.25, -0.2) is 19.6 Å². The number of unbranched alkanes of at least 4 members (excludes halogenated alkanes) is 1. The van der Waals surface area contributed by atoms with Crippen LogP contribution < -0.4 is 21.7 Å². The molecule has 362 valence electrons. The second kappa shape index (κ2) is 26.7. The molecule has 2 fully saturated rings. The minimum Gasteiger partial charge on any atom is -0.448 e. The molecule has 5 N–H and O–H groups in total. The number of aromatic nitrogens is 1. The Hall–Kier alpha value is -6.55. The number of isocyanates is 1. The van der Waals surface area contributed by atoms with Crippen molar-refractivity contribution < 1.29 is 38.3 Å². The number of likely N-dealkylation sites (N-methyl/N-ethyl adjacent to an activating group) is 1. The normalized spacial score (nSPS) is 15.9. The lowest BCUT2D eigenvalue weighted by Gasteiger charge is -2.35. The number of benzene rings is 3. The van der Waals surface area contributed by atoms with E-state index in [2.05, 4.69) is 50.2 Å². The van der Waals surface area contributed by atoms with Gasteiger partial charge in [-0.2, -0.15) is 0 Å². The molecule has 1 saturated heterocycles. The number of ether oxygens (including phenoxy) is 1. The number of nitrogens with two attached hydrogens (primary N) is 1. The van der Waals surface area contributed by atoms with Crippen LogP contribution in [-0.2, 0) is 33.5 Å². The van der Waals surface area contributed by atoms with Gasteiger partial charge in [0.25, 0.3) is 0 Å². The molecule has 5 amide bonds. The SMILES string of the molecule is C=O.CCCC(=O)Nc1nc(-c2ccccc2)c(NC(=O)[C@@H]2CCCN2C(=O)[C@@H](NC(=O)[C@H](C)N(C)C(=O)OCC2c3ccccc3-c3ccccc32)C2CCCCC2)s1.NCCCCN=C=O. The maximum absolute atomic E-state index is 14.6. The Morgan fingerprint density at radius 2 is 1.56 bits per heavy atom. The topological polar surface area (TPSA) is 223 Å². The summed E-state index contributed by atoms with van der Waals surface area (Å²) in [6.07, 6.45) is 9.26. The Balaban J connectivity index is 0.000000784. The highest BCUT2D eigenvalue weighted by Gasteiger charge is 2.42. The van der Waals surface area contributed by atoms with Crippen LogP contribution in [0.15, 0.2) is 83.9 Å². The fourth-order valence-electron chi connectivity index (χ4n) is 8.87. The molecule has 4 aromatic rings. The molecule has 1 saturated carbocycles. The summed E-state index contributed by atoms with van der Waals surface area (Å²) in [5.74, 6) is -1.50. The molecule has 3 aromatic carbocycles. The van der Waals surface area contributed by atoms with Gasteiger partial charge < -0.3 is 36.1 Å². The summed E-state index contributed by atoms with van der Waals surface area (Å²) in [7, 11) is 1.53. The summed E-state index contributed by atoms with van der Waals surface area (Å²) >= 11 is 1.18. The van der Waals surface area contributed by atoms with Crippen LogP contribution in [0.2, 0.25) is 0 Å². The quantitative estimate of drug-likeness (QED) is 0.0459. The molecule has 1 aromatic heterocycles. The molecule has 2 aliphatic carbocycles. The highest BCUT2D eigenvalue weighted by Crippen LogP contribution is 2.44. The number of fused-ring (bicyclic) bond motifs is 3. The van der Waals surface area contributed by atoms with E-state index in [9.17, 15) is 28.8 Å². The van der Waals surface area contributed by atoms with E-state index in [0.29, 0.717) is 61.1 Å². The lowest BCUT2D eigenvalue weighted by atomic mass is 9.83. The third-order valence-electron chi connectivity index (χ3n) is 12.5. The number of nitrogens with one attached hydrogen (secondary N) is 3. The number of nitrogens with zero attached hydrogens (tertiary/aromatic N) is 4. The van der Waals surface area contributed by atoms with Gasteiger partial charge in [-0.05, 0) is 86.6 Å². The maximum atomic E-state index is 14.6. The molecule has 16 nitrogen and oxygen atoms in total. The first-order chi connectivity index (χ1) is 33.1. The van der Waals surface area contributed by atoms with Gasteiger partial charge in [-0.15, -0.1) is 0 Å². The van der Waals surface area contributed by atoms with E-state index in [1.807, 2.05) is 68.3 Å². The minimum atomic E-state index is -0.929. The van der Waals surface area contributed by atoms with Crippen LogP contribution in [-0.4, -0.2) is 109 Å². The highest BCUT2D eigenvalue weighted by atomic mass is 32.1. The highest BCUT2D eigenvalue weighted by molar-refractivity contribution is 7.20. The van der Waals surface area contributed by atoms with Gasteiger partial charge in [0.05, 0.1) is 6.54 Å². The predicted molar refractivity (Wildman–Crippen MR) is 264 cm³/mol. The van der Waals surface area contributed by atoms with Crippen LogP contribution >= 0.6 is 11.3 Å². The molecule has 0 bridgehead atoms. The number of carbonyl (C=O) groups excluding carboxylic acids is 7. The second-order valence-electron chi connectivity index (χ2n) is 17.0. The van der Waals surface area contributed by atoms with Crippen LogP contribution in [0.3, 0.4) is 0 Å². The number of anilines is 2. The molecule has 0 unspecified atom stereocenters. The van der Waals surface area contributed by atoms with Crippen molar-refractivity contribution in [3.05, 3.63) is 90.0 Å². The van der Waals surface area contributed by atoms with E-state index in [0.717, 1.165) is 72.8 Å². The Morgan fingerprint density at radius 3 is 2.19 bits per heavy atom. The number of aliphatic imine (C=N–C) groups is 1. The fraction of sp³-hybridized carbons (Fsp3) is 0.451. The Kier molecular flexibility index (Phi) is 20.6. The Bertz CT molecular complexity index is 2320. The molecule has 68 heavy (non-hydrogen) atoms. The zero-order valence-electron chi connectivity index (χ0n) is 39.2. The third-order valence-corrected chi connectivity index (χ3v) is 13.4. The molecular weight excluding hydrogens is 885 g/mol. The molecule has 2 heterocycles. The number of hydrogen-bond donors (Lipinski definition) is 4. The van der Waals surface area contributed by atoms with Crippen molar-refractivity contribution in [1.82, 2.24) is 20.1 Å². The van der Waals surface area contributed by atoms with Gasteiger partial charge in [0.15, 0.2) is 5.13 Å². The van der Waals surface area contributed by atoms with E-state index in [1.165, 1.54) is 29.4 Å². The summed E-state index contributed by atoms with van der Waals surface area (Å²) in [4.78, 5) is 96.8. The molecule has 0 spiro atoms. The zero-order valence-corrected chi connectivity index (χ0v) is 40.1. The van der Waals surface area contributed by atoms with E-state index < -0.39 is 30.1 Å². The van der Waals surface area contributed by atoms with Crippen molar-refractivity contribution in [1.29, 1.82) is 0 Å². The summed E-state index contributed by atoms with van der Waals surface area (Å²) in [5.41, 5.74) is 10.9. The van der Waals surface area contributed by atoms with Crippen LogP contribution in [0.4, 0.5) is 14.9 Å². The van der Waals surface area contributed by atoms with Crippen LogP contribution in [0.5, 0.6) is 0 Å². The molecule has 1 aliphatic heterocycles. The summed E-state index contributed by atoms with van der Waals surface area (Å²) in [6.45, 7) is 7.29. The predicted octanol–water partition coefficient (Wildman–Crippen LogP) is 7.69.